The second-order valence-corrected chi connectivity index (χ2v) is 6.02. The van der Waals surface area contributed by atoms with Gasteiger partial charge in [0.1, 0.15) is 5.75 Å². The molecule has 0 unspecified atom stereocenters. The van der Waals surface area contributed by atoms with Gasteiger partial charge < -0.3 is 15.0 Å². The molecule has 1 fully saturated rings. The van der Waals surface area contributed by atoms with Gasteiger partial charge in [0, 0.05) is 30.8 Å². The number of ether oxygens (including phenoxy) is 1. The number of piperidine rings is 1. The standard InChI is InChI=1S/C18H22N4O2/c1-13-6-7-17(21-20-13)22-10-8-14(9-11-22)18(23)19-15-4-3-5-16(12-15)24-2/h3-7,12,14H,8-11H2,1-2H3,(H,19,23). The highest BCUT2D eigenvalue weighted by Gasteiger charge is 2.25. The summed E-state index contributed by atoms with van der Waals surface area (Å²) in [5.74, 6) is 1.71. The van der Waals surface area contributed by atoms with E-state index in [2.05, 4.69) is 20.4 Å². The van der Waals surface area contributed by atoms with E-state index in [-0.39, 0.29) is 11.8 Å². The summed E-state index contributed by atoms with van der Waals surface area (Å²) in [6.45, 7) is 3.55. The Kier molecular flexibility index (Phi) is 4.93. The lowest BCUT2D eigenvalue weighted by Gasteiger charge is -2.31. The summed E-state index contributed by atoms with van der Waals surface area (Å²) in [4.78, 5) is 14.6. The molecule has 1 aromatic heterocycles. The number of hydrogen-bond acceptors (Lipinski definition) is 5. The molecule has 0 aliphatic carbocycles. The van der Waals surface area contributed by atoms with E-state index in [1.165, 1.54) is 0 Å². The Balaban J connectivity index is 1.55. The molecule has 0 radical (unpaired) electrons. The first-order chi connectivity index (χ1) is 11.7. The van der Waals surface area contributed by atoms with Gasteiger partial charge in [-0.05, 0) is 44.0 Å². The third-order valence-electron chi connectivity index (χ3n) is 4.31. The molecule has 6 heteroatoms. The normalized spacial score (nSPS) is 15.2. The van der Waals surface area contributed by atoms with E-state index < -0.39 is 0 Å². The van der Waals surface area contributed by atoms with Crippen molar-refractivity contribution in [3.8, 4) is 5.75 Å². The maximum absolute atomic E-state index is 12.5. The number of benzene rings is 1. The molecule has 24 heavy (non-hydrogen) atoms. The summed E-state index contributed by atoms with van der Waals surface area (Å²) in [6, 6.07) is 11.4. The lowest BCUT2D eigenvalue weighted by Crippen LogP contribution is -2.38. The Morgan fingerprint density at radius 3 is 2.67 bits per heavy atom. The number of hydrogen-bond donors (Lipinski definition) is 1. The molecular weight excluding hydrogens is 304 g/mol. The van der Waals surface area contributed by atoms with Crippen molar-refractivity contribution in [1.29, 1.82) is 0 Å². The fraction of sp³-hybridized carbons (Fsp3) is 0.389. The lowest BCUT2D eigenvalue weighted by molar-refractivity contribution is -0.120. The van der Waals surface area contributed by atoms with Gasteiger partial charge in [0.05, 0.1) is 12.8 Å². The van der Waals surface area contributed by atoms with Crippen LogP contribution in [-0.4, -0.2) is 36.3 Å². The molecule has 6 nitrogen and oxygen atoms in total. The molecule has 0 spiro atoms. The average molecular weight is 326 g/mol. The van der Waals surface area contributed by atoms with Gasteiger partial charge in [0.2, 0.25) is 5.91 Å². The van der Waals surface area contributed by atoms with E-state index >= 15 is 0 Å². The number of methoxy groups -OCH3 is 1. The minimum atomic E-state index is 0.0193. The molecule has 126 valence electrons. The van der Waals surface area contributed by atoms with Crippen LogP contribution < -0.4 is 15.0 Å². The minimum Gasteiger partial charge on any atom is -0.497 e. The Morgan fingerprint density at radius 2 is 2.00 bits per heavy atom. The van der Waals surface area contributed by atoms with Crippen molar-refractivity contribution in [2.24, 2.45) is 5.92 Å². The van der Waals surface area contributed by atoms with E-state index in [4.69, 9.17) is 4.74 Å². The monoisotopic (exact) mass is 326 g/mol. The third-order valence-corrected chi connectivity index (χ3v) is 4.31. The van der Waals surface area contributed by atoms with Gasteiger partial charge in [-0.1, -0.05) is 6.07 Å². The summed E-state index contributed by atoms with van der Waals surface area (Å²) in [5.41, 5.74) is 1.68. The second-order valence-electron chi connectivity index (χ2n) is 6.02. The van der Waals surface area contributed by atoms with Crippen LogP contribution in [0.25, 0.3) is 0 Å². The molecule has 1 aliphatic heterocycles. The second kappa shape index (κ2) is 7.29. The number of anilines is 2. The van der Waals surface area contributed by atoms with E-state index in [1.807, 2.05) is 43.3 Å². The summed E-state index contributed by atoms with van der Waals surface area (Å²) < 4.78 is 5.18. The van der Waals surface area contributed by atoms with Gasteiger partial charge in [0.25, 0.3) is 0 Å². The zero-order valence-electron chi connectivity index (χ0n) is 14.0. The topological polar surface area (TPSA) is 67.3 Å². The zero-order chi connectivity index (χ0) is 16.9. The van der Waals surface area contributed by atoms with Crippen molar-refractivity contribution >= 4 is 17.4 Å². The highest BCUT2D eigenvalue weighted by Crippen LogP contribution is 2.24. The van der Waals surface area contributed by atoms with Crippen molar-refractivity contribution in [1.82, 2.24) is 10.2 Å². The summed E-state index contributed by atoms with van der Waals surface area (Å²) in [6.07, 6.45) is 1.62. The van der Waals surface area contributed by atoms with Gasteiger partial charge in [-0.25, -0.2) is 0 Å². The molecule has 1 amide bonds. The number of rotatable bonds is 4. The molecule has 2 aromatic rings. The van der Waals surface area contributed by atoms with E-state index in [9.17, 15) is 4.79 Å². The minimum absolute atomic E-state index is 0.0193. The molecule has 1 saturated heterocycles. The average Bonchev–Trinajstić information content (AvgIpc) is 2.62. The summed E-state index contributed by atoms with van der Waals surface area (Å²) in [5, 5.41) is 11.3. The molecule has 2 heterocycles. The van der Waals surface area contributed by atoms with Crippen LogP contribution in [0.2, 0.25) is 0 Å². The van der Waals surface area contributed by atoms with Crippen molar-refractivity contribution in [2.75, 3.05) is 30.4 Å². The smallest absolute Gasteiger partial charge is 0.227 e. The first kappa shape index (κ1) is 16.2. The predicted molar refractivity (Wildman–Crippen MR) is 93.3 cm³/mol. The number of nitrogens with one attached hydrogen (secondary N) is 1. The first-order valence-corrected chi connectivity index (χ1v) is 8.16. The van der Waals surface area contributed by atoms with Crippen molar-refractivity contribution in [3.05, 3.63) is 42.1 Å². The number of carbonyl (C=O) groups is 1. The zero-order valence-corrected chi connectivity index (χ0v) is 14.0. The van der Waals surface area contributed by atoms with Gasteiger partial charge in [-0.2, -0.15) is 5.10 Å². The number of aromatic nitrogens is 2. The van der Waals surface area contributed by atoms with Crippen LogP contribution in [0.4, 0.5) is 11.5 Å². The SMILES string of the molecule is COc1cccc(NC(=O)C2CCN(c3ccc(C)nn3)CC2)c1. The highest BCUT2D eigenvalue weighted by atomic mass is 16.5. The van der Waals surface area contributed by atoms with Crippen LogP contribution in [0.5, 0.6) is 5.75 Å². The molecular formula is C18H22N4O2. The van der Waals surface area contributed by atoms with Crippen LogP contribution in [-0.2, 0) is 4.79 Å². The van der Waals surface area contributed by atoms with Crippen LogP contribution >= 0.6 is 0 Å². The van der Waals surface area contributed by atoms with Crippen molar-refractivity contribution in [2.45, 2.75) is 19.8 Å². The number of amides is 1. The van der Waals surface area contributed by atoms with Crippen molar-refractivity contribution < 1.29 is 9.53 Å². The molecule has 0 saturated carbocycles. The Morgan fingerprint density at radius 1 is 1.21 bits per heavy atom. The van der Waals surface area contributed by atoms with Crippen LogP contribution in [0.15, 0.2) is 36.4 Å². The van der Waals surface area contributed by atoms with Crippen molar-refractivity contribution in [3.63, 3.8) is 0 Å². The lowest BCUT2D eigenvalue weighted by atomic mass is 9.96. The summed E-state index contributed by atoms with van der Waals surface area (Å²) >= 11 is 0. The predicted octanol–water partition coefficient (Wildman–Crippen LogP) is 2.65. The largest absolute Gasteiger partial charge is 0.497 e. The quantitative estimate of drug-likeness (QED) is 0.935. The third kappa shape index (κ3) is 3.82. The molecule has 1 aliphatic rings. The maximum atomic E-state index is 12.5. The number of nitrogens with zero attached hydrogens (tertiary/aromatic N) is 3. The Bertz CT molecular complexity index is 694. The molecule has 0 atom stereocenters. The maximum Gasteiger partial charge on any atom is 0.227 e. The van der Waals surface area contributed by atoms with E-state index in [0.29, 0.717) is 0 Å². The highest BCUT2D eigenvalue weighted by molar-refractivity contribution is 5.92. The fourth-order valence-corrected chi connectivity index (χ4v) is 2.88. The van der Waals surface area contributed by atoms with Crippen LogP contribution in [0.3, 0.4) is 0 Å². The van der Waals surface area contributed by atoms with Crippen LogP contribution in [0, 0.1) is 12.8 Å². The Hall–Kier alpha value is -2.63. The molecule has 0 bridgehead atoms. The molecule has 1 aromatic carbocycles. The molecule has 3 rings (SSSR count). The van der Waals surface area contributed by atoms with Gasteiger partial charge >= 0.3 is 0 Å². The van der Waals surface area contributed by atoms with Gasteiger partial charge in [-0.3, -0.25) is 4.79 Å². The van der Waals surface area contributed by atoms with Gasteiger partial charge in [0.15, 0.2) is 5.82 Å². The van der Waals surface area contributed by atoms with E-state index in [0.717, 1.165) is 48.9 Å². The fourth-order valence-electron chi connectivity index (χ4n) is 2.88. The van der Waals surface area contributed by atoms with Crippen LogP contribution in [0.1, 0.15) is 18.5 Å². The van der Waals surface area contributed by atoms with E-state index in [1.54, 1.807) is 7.11 Å². The Labute approximate surface area is 141 Å². The summed E-state index contributed by atoms with van der Waals surface area (Å²) in [7, 11) is 1.62. The van der Waals surface area contributed by atoms with Gasteiger partial charge in [-0.15, -0.1) is 5.10 Å². The molecule has 1 N–H and O–H groups in total. The number of aryl methyl sites for hydroxylation is 1. The number of carbonyl (C=O) groups excluding carboxylic acids is 1. The first-order valence-electron chi connectivity index (χ1n) is 8.16.